The van der Waals surface area contributed by atoms with Crippen LogP contribution in [0, 0.1) is 0 Å². The van der Waals surface area contributed by atoms with Gasteiger partial charge in [0.25, 0.3) is 5.91 Å². The SMILES string of the molecule is O=C1c2c(Br)c(Br)c(Br)c(Br)c2C2=Nc3ccc(Br)c4cc(Br)c(Br)c(c34)N12. The Morgan fingerprint density at radius 1 is 0.750 bits per heavy atom. The first-order valence-corrected chi connectivity index (χ1v) is 13.2. The van der Waals surface area contributed by atoms with E-state index >= 15 is 0 Å². The van der Waals surface area contributed by atoms with Crippen molar-refractivity contribution in [3.8, 4) is 0 Å². The monoisotopic (exact) mass is 815 g/mol. The maximum absolute atomic E-state index is 13.6. The summed E-state index contributed by atoms with van der Waals surface area (Å²) in [6, 6.07) is 5.95. The highest BCUT2D eigenvalue weighted by atomic mass is 79.9. The van der Waals surface area contributed by atoms with Gasteiger partial charge in [0, 0.05) is 43.2 Å². The molecule has 28 heavy (non-hydrogen) atoms. The molecule has 1 amide bonds. The van der Waals surface area contributed by atoms with Gasteiger partial charge in [-0.15, -0.1) is 0 Å². The van der Waals surface area contributed by atoms with Crippen LogP contribution in [0.25, 0.3) is 10.8 Å². The molecule has 0 unspecified atom stereocenters. The van der Waals surface area contributed by atoms with Gasteiger partial charge in [-0.2, -0.15) is 0 Å². The lowest BCUT2D eigenvalue weighted by Gasteiger charge is -2.27. The van der Waals surface area contributed by atoms with Crippen molar-refractivity contribution in [1.29, 1.82) is 0 Å². The number of benzene rings is 3. The quantitative estimate of drug-likeness (QED) is 0.165. The summed E-state index contributed by atoms with van der Waals surface area (Å²) in [5, 5.41) is 1.90. The van der Waals surface area contributed by atoms with E-state index in [0.29, 0.717) is 15.9 Å². The molecule has 0 radical (unpaired) electrons. The van der Waals surface area contributed by atoms with Crippen molar-refractivity contribution < 1.29 is 4.79 Å². The second-order valence-electron chi connectivity index (χ2n) is 6.09. The van der Waals surface area contributed by atoms with Gasteiger partial charge in [0.2, 0.25) is 0 Å². The third-order valence-electron chi connectivity index (χ3n) is 4.67. The van der Waals surface area contributed by atoms with E-state index in [1.165, 1.54) is 0 Å². The van der Waals surface area contributed by atoms with Crippen LogP contribution in [0.15, 0.2) is 54.5 Å². The summed E-state index contributed by atoms with van der Waals surface area (Å²) in [7, 11) is 0. The van der Waals surface area contributed by atoms with E-state index in [0.717, 1.165) is 54.5 Å². The highest BCUT2D eigenvalue weighted by Crippen LogP contribution is 2.53. The maximum atomic E-state index is 13.6. The smallest absolute Gasteiger partial charge is 0.266 e. The fourth-order valence-corrected chi connectivity index (χ4v) is 7.29. The molecule has 0 N–H and O–H groups in total. The molecule has 0 aliphatic carbocycles. The van der Waals surface area contributed by atoms with Crippen LogP contribution in [-0.4, -0.2) is 11.7 Å². The average molecular weight is 823 g/mol. The van der Waals surface area contributed by atoms with Crippen LogP contribution >= 0.6 is 112 Å². The van der Waals surface area contributed by atoms with Gasteiger partial charge in [-0.1, -0.05) is 15.9 Å². The molecule has 2 aliphatic rings. The fraction of sp³-hybridized carbons (Fsp3) is 0. The minimum absolute atomic E-state index is 0.139. The van der Waals surface area contributed by atoms with Gasteiger partial charge < -0.3 is 0 Å². The van der Waals surface area contributed by atoms with Crippen LogP contribution in [0.4, 0.5) is 11.4 Å². The summed E-state index contributed by atoms with van der Waals surface area (Å²) in [6.07, 6.45) is 0. The number of anilines is 1. The van der Waals surface area contributed by atoms with E-state index in [2.05, 4.69) is 112 Å². The molecule has 0 bridgehead atoms. The zero-order chi connectivity index (χ0) is 20.1. The second-order valence-corrected chi connectivity index (χ2v) is 11.8. The van der Waals surface area contributed by atoms with Crippen molar-refractivity contribution in [3.05, 3.63) is 60.6 Å². The molecule has 0 fully saturated rings. The number of hydrogen-bond acceptors (Lipinski definition) is 2. The van der Waals surface area contributed by atoms with Crippen molar-refractivity contribution in [3.63, 3.8) is 0 Å². The third kappa shape index (κ3) is 2.58. The molecule has 0 saturated heterocycles. The van der Waals surface area contributed by atoms with Crippen molar-refractivity contribution >= 4 is 145 Å². The van der Waals surface area contributed by atoms with Gasteiger partial charge in [-0.3, -0.25) is 9.69 Å². The fourth-order valence-electron chi connectivity index (χ4n) is 3.48. The lowest BCUT2D eigenvalue weighted by molar-refractivity contribution is 0.101. The number of halogens is 7. The van der Waals surface area contributed by atoms with Gasteiger partial charge in [-0.25, -0.2) is 4.99 Å². The number of amides is 1. The molecular weight excluding hydrogens is 820 g/mol. The Hall–Kier alpha value is 0.420. The summed E-state index contributed by atoms with van der Waals surface area (Å²) in [4.78, 5) is 20.1. The summed E-state index contributed by atoms with van der Waals surface area (Å²) in [6.45, 7) is 0. The Bertz CT molecular complexity index is 1320. The number of rotatable bonds is 0. The molecule has 5 rings (SSSR count). The van der Waals surface area contributed by atoms with Gasteiger partial charge >= 0.3 is 0 Å². The minimum Gasteiger partial charge on any atom is -0.268 e. The molecule has 0 atom stereocenters. The summed E-state index contributed by atoms with van der Waals surface area (Å²) in [5.74, 6) is 0.455. The number of nitrogens with zero attached hydrogens (tertiary/aromatic N) is 2. The van der Waals surface area contributed by atoms with Crippen LogP contribution in [0.5, 0.6) is 0 Å². The Morgan fingerprint density at radius 2 is 1.39 bits per heavy atom. The number of carbonyl (C=O) groups excluding carboxylic acids is 1. The molecular formula is C18H3Br7N2O. The van der Waals surface area contributed by atoms with Crippen LogP contribution in [-0.2, 0) is 0 Å². The van der Waals surface area contributed by atoms with Gasteiger partial charge in [0.15, 0.2) is 0 Å². The first-order valence-electron chi connectivity index (χ1n) is 7.63. The van der Waals surface area contributed by atoms with Crippen LogP contribution in [0.1, 0.15) is 15.9 Å². The number of hydrogen-bond donors (Lipinski definition) is 0. The van der Waals surface area contributed by atoms with Gasteiger partial charge in [0.05, 0.1) is 21.4 Å². The Kier molecular flexibility index (Phi) is 5.06. The summed E-state index contributed by atoms with van der Waals surface area (Å²) < 4.78 is 5.65. The van der Waals surface area contributed by atoms with Crippen molar-refractivity contribution in [2.45, 2.75) is 0 Å². The molecule has 3 nitrogen and oxygen atoms in total. The van der Waals surface area contributed by atoms with Crippen LogP contribution in [0.3, 0.4) is 0 Å². The number of fused-ring (bicyclic) bond motifs is 4. The van der Waals surface area contributed by atoms with E-state index < -0.39 is 0 Å². The summed E-state index contributed by atoms with van der Waals surface area (Å²) in [5.41, 5.74) is 2.90. The van der Waals surface area contributed by atoms with E-state index in [9.17, 15) is 4.79 Å². The number of carbonyl (C=O) groups is 1. The zero-order valence-electron chi connectivity index (χ0n) is 13.2. The molecule has 2 aliphatic heterocycles. The van der Waals surface area contributed by atoms with E-state index in [-0.39, 0.29) is 5.91 Å². The number of aliphatic imine (C=N–C) groups is 1. The number of amidine groups is 1. The van der Waals surface area contributed by atoms with E-state index in [1.54, 1.807) is 4.90 Å². The maximum Gasteiger partial charge on any atom is 0.266 e. The van der Waals surface area contributed by atoms with Gasteiger partial charge in [-0.05, 0) is 114 Å². The topological polar surface area (TPSA) is 32.7 Å². The molecule has 0 saturated carbocycles. The Morgan fingerprint density at radius 3 is 2.07 bits per heavy atom. The Balaban J connectivity index is 1.97. The predicted molar refractivity (Wildman–Crippen MR) is 137 cm³/mol. The zero-order valence-corrected chi connectivity index (χ0v) is 24.3. The first kappa shape index (κ1) is 20.3. The molecule has 0 spiro atoms. The van der Waals surface area contributed by atoms with E-state index in [1.807, 2.05) is 18.2 Å². The largest absolute Gasteiger partial charge is 0.268 e. The molecule has 3 aromatic carbocycles. The molecule has 3 aromatic rings. The highest BCUT2D eigenvalue weighted by Gasteiger charge is 2.43. The van der Waals surface area contributed by atoms with Gasteiger partial charge in [0.1, 0.15) is 5.84 Å². The molecule has 0 aromatic heterocycles. The van der Waals surface area contributed by atoms with Crippen LogP contribution in [0.2, 0.25) is 0 Å². The molecule has 2 heterocycles. The standard InChI is InChI=1S/C18H3Br7N2O/c19-5-1-2-7-8-4(5)3-6(20)11(21)16(8)27-17(26-7)9-10(18(27)28)13(23)15(25)14(24)12(9)22/h1-3H. The minimum atomic E-state index is -0.139. The third-order valence-corrected chi connectivity index (χ3v) is 12.1. The Labute approximate surface area is 218 Å². The van der Waals surface area contributed by atoms with Crippen molar-refractivity contribution in [2.75, 3.05) is 4.90 Å². The second kappa shape index (κ2) is 6.97. The van der Waals surface area contributed by atoms with Crippen molar-refractivity contribution in [2.24, 2.45) is 4.99 Å². The first-order chi connectivity index (χ1) is 13.2. The molecule has 10 heteroatoms. The van der Waals surface area contributed by atoms with Crippen LogP contribution < -0.4 is 4.90 Å². The average Bonchev–Trinajstić information content (AvgIpc) is 2.96. The lowest BCUT2D eigenvalue weighted by Crippen LogP contribution is -2.32. The predicted octanol–water partition coefficient (Wildman–Crippen LogP) is 9.23. The normalized spacial score (nSPS) is 14.5. The van der Waals surface area contributed by atoms with Crippen molar-refractivity contribution in [1.82, 2.24) is 0 Å². The lowest BCUT2D eigenvalue weighted by atomic mass is 10.0. The summed E-state index contributed by atoms with van der Waals surface area (Å²) >= 11 is 25.3. The van der Waals surface area contributed by atoms with E-state index in [4.69, 9.17) is 4.99 Å². The molecule has 140 valence electrons. The highest BCUT2D eigenvalue weighted by molar-refractivity contribution is 9.15.